The Morgan fingerprint density at radius 3 is 2.71 bits per heavy atom. The lowest BCUT2D eigenvalue weighted by Crippen LogP contribution is -2.24. The van der Waals surface area contributed by atoms with E-state index in [1.807, 2.05) is 0 Å². The third-order valence-corrected chi connectivity index (χ3v) is 0.493. The van der Waals surface area contributed by atoms with Gasteiger partial charge in [-0.05, 0) is 6.92 Å². The molecule has 7 heavy (non-hydrogen) atoms. The lowest BCUT2D eigenvalue weighted by Gasteiger charge is -1.99. The van der Waals surface area contributed by atoms with Gasteiger partial charge in [-0.1, -0.05) is 0 Å². The highest BCUT2D eigenvalue weighted by atomic mass is 16.5. The summed E-state index contributed by atoms with van der Waals surface area (Å²) in [4.78, 5) is 9.64. The molecule has 0 saturated carbocycles. The van der Waals surface area contributed by atoms with E-state index in [0.29, 0.717) is 12.9 Å². The summed E-state index contributed by atoms with van der Waals surface area (Å²) in [6, 6.07) is 0. The fourth-order valence-electron chi connectivity index (χ4n) is 0.232. The Kier molecular flexibility index (Phi) is 3.55. The monoisotopic (exact) mass is 103 g/mol. The molecule has 0 amide bonds. The summed E-state index contributed by atoms with van der Waals surface area (Å²) in [6.45, 7) is 2.27. The van der Waals surface area contributed by atoms with Gasteiger partial charge in [0.15, 0.2) is 12.5 Å². The first-order valence-corrected chi connectivity index (χ1v) is 2.13. The topological polar surface area (TPSA) is 52.3 Å². The maximum absolute atomic E-state index is 9.64. The lowest BCUT2D eigenvalue weighted by molar-refractivity contribution is -0.117. The van der Waals surface area contributed by atoms with E-state index >= 15 is 0 Å². The molecule has 0 aliphatic carbocycles. The minimum atomic E-state index is -0.731. The zero-order chi connectivity index (χ0) is 5.70. The van der Waals surface area contributed by atoms with E-state index in [1.54, 1.807) is 6.92 Å². The largest absolute Gasteiger partial charge is 0.357 e. The summed E-state index contributed by atoms with van der Waals surface area (Å²) in [5, 5.41) is 0. The third kappa shape index (κ3) is 3.42. The number of ether oxygens (including phenoxy) is 1. The molecule has 3 heteroatoms. The Morgan fingerprint density at radius 2 is 2.57 bits per heavy atom. The third-order valence-electron chi connectivity index (χ3n) is 0.493. The molecule has 0 aromatic heterocycles. The van der Waals surface area contributed by atoms with Crippen LogP contribution in [0.4, 0.5) is 0 Å². The average molecular weight is 103 g/mol. The van der Waals surface area contributed by atoms with Gasteiger partial charge in [0, 0.05) is 6.61 Å². The van der Waals surface area contributed by atoms with E-state index in [9.17, 15) is 4.79 Å². The summed E-state index contributed by atoms with van der Waals surface area (Å²) in [7, 11) is 0. The second kappa shape index (κ2) is 3.77. The summed E-state index contributed by atoms with van der Waals surface area (Å²) >= 11 is 0. The molecule has 0 radical (unpaired) electrons. The van der Waals surface area contributed by atoms with Crippen LogP contribution in [0.5, 0.6) is 0 Å². The van der Waals surface area contributed by atoms with Crippen LogP contribution in [0.3, 0.4) is 0 Å². The van der Waals surface area contributed by atoms with Crippen molar-refractivity contribution in [3.63, 3.8) is 0 Å². The fourth-order valence-corrected chi connectivity index (χ4v) is 0.232. The number of carbonyl (C=O) groups excluding carboxylic acids is 1. The number of nitrogens with two attached hydrogens (primary N) is 1. The minimum absolute atomic E-state index is 0.486. The van der Waals surface area contributed by atoms with Crippen molar-refractivity contribution in [1.29, 1.82) is 0 Å². The number of hydrogen-bond donors (Lipinski definition) is 1. The zero-order valence-electron chi connectivity index (χ0n) is 4.26. The first-order valence-electron chi connectivity index (χ1n) is 2.13. The van der Waals surface area contributed by atoms with Crippen LogP contribution in [0, 0.1) is 0 Å². The minimum Gasteiger partial charge on any atom is -0.357 e. The van der Waals surface area contributed by atoms with E-state index in [4.69, 9.17) is 5.73 Å². The van der Waals surface area contributed by atoms with Crippen molar-refractivity contribution in [2.24, 2.45) is 5.73 Å². The number of rotatable bonds is 3. The molecule has 0 rings (SSSR count). The SMILES string of the molecule is CCOC(N)C=O. The van der Waals surface area contributed by atoms with Crippen molar-refractivity contribution in [3.05, 3.63) is 0 Å². The maximum atomic E-state index is 9.64. The van der Waals surface area contributed by atoms with Gasteiger partial charge >= 0.3 is 0 Å². The molecule has 0 aromatic rings. The van der Waals surface area contributed by atoms with Crippen molar-refractivity contribution in [3.8, 4) is 0 Å². The quantitative estimate of drug-likeness (QED) is 0.387. The molecule has 0 heterocycles. The van der Waals surface area contributed by atoms with Crippen LogP contribution in [0.25, 0.3) is 0 Å². The second-order valence-corrected chi connectivity index (χ2v) is 1.06. The molecule has 0 aromatic carbocycles. The van der Waals surface area contributed by atoms with E-state index < -0.39 is 6.23 Å². The molecule has 2 N–H and O–H groups in total. The molecule has 1 unspecified atom stereocenters. The maximum Gasteiger partial charge on any atom is 0.163 e. The normalized spacial score (nSPS) is 13.4. The molecular weight excluding hydrogens is 94.0 g/mol. The van der Waals surface area contributed by atoms with Crippen LogP contribution in [-0.4, -0.2) is 19.1 Å². The molecule has 1 atom stereocenters. The Morgan fingerprint density at radius 1 is 2.00 bits per heavy atom. The number of hydrogen-bond acceptors (Lipinski definition) is 3. The first kappa shape index (κ1) is 6.59. The zero-order valence-corrected chi connectivity index (χ0v) is 4.26. The van der Waals surface area contributed by atoms with Gasteiger partial charge in [-0.2, -0.15) is 0 Å². The average Bonchev–Trinajstić information content (AvgIpc) is 1.68. The predicted octanol–water partition coefficient (Wildman–Crippen LogP) is -0.493. The summed E-state index contributed by atoms with van der Waals surface area (Å²) in [5.74, 6) is 0. The summed E-state index contributed by atoms with van der Waals surface area (Å²) in [5.41, 5.74) is 4.99. The number of carbonyl (C=O) groups is 1. The second-order valence-electron chi connectivity index (χ2n) is 1.06. The van der Waals surface area contributed by atoms with Gasteiger partial charge in [0.1, 0.15) is 0 Å². The fraction of sp³-hybridized carbons (Fsp3) is 0.750. The Balaban J connectivity index is 2.98. The van der Waals surface area contributed by atoms with Crippen LogP contribution >= 0.6 is 0 Å². The van der Waals surface area contributed by atoms with Gasteiger partial charge in [-0.3, -0.25) is 10.5 Å². The van der Waals surface area contributed by atoms with Gasteiger partial charge < -0.3 is 4.74 Å². The van der Waals surface area contributed by atoms with E-state index in [2.05, 4.69) is 4.74 Å². The molecule has 42 valence electrons. The van der Waals surface area contributed by atoms with Crippen molar-refractivity contribution in [2.75, 3.05) is 6.61 Å². The standard InChI is InChI=1S/C4H9NO2/c1-2-7-4(5)3-6/h3-4H,2,5H2,1H3. The molecule has 3 nitrogen and oxygen atoms in total. The van der Waals surface area contributed by atoms with Crippen LogP contribution in [0.1, 0.15) is 6.92 Å². The van der Waals surface area contributed by atoms with Crippen LogP contribution in [-0.2, 0) is 9.53 Å². The van der Waals surface area contributed by atoms with Crippen LogP contribution in [0.2, 0.25) is 0 Å². The Labute approximate surface area is 42.4 Å². The molecule has 0 bridgehead atoms. The molecule has 0 saturated heterocycles. The van der Waals surface area contributed by atoms with Gasteiger partial charge in [-0.25, -0.2) is 0 Å². The van der Waals surface area contributed by atoms with Gasteiger partial charge in [0.05, 0.1) is 0 Å². The number of aldehydes is 1. The summed E-state index contributed by atoms with van der Waals surface area (Å²) in [6.07, 6.45) is -0.172. The van der Waals surface area contributed by atoms with Crippen molar-refractivity contribution in [1.82, 2.24) is 0 Å². The highest BCUT2D eigenvalue weighted by molar-refractivity contribution is 5.54. The molecular formula is C4H9NO2. The van der Waals surface area contributed by atoms with Crippen LogP contribution < -0.4 is 5.73 Å². The van der Waals surface area contributed by atoms with Gasteiger partial charge in [-0.15, -0.1) is 0 Å². The van der Waals surface area contributed by atoms with Crippen molar-refractivity contribution in [2.45, 2.75) is 13.2 Å². The predicted molar refractivity (Wildman–Crippen MR) is 25.7 cm³/mol. The molecule has 0 aliphatic rings. The van der Waals surface area contributed by atoms with E-state index in [0.717, 1.165) is 0 Å². The van der Waals surface area contributed by atoms with Gasteiger partial charge in [0.2, 0.25) is 0 Å². The lowest BCUT2D eigenvalue weighted by atomic mass is 10.7. The first-order chi connectivity index (χ1) is 3.31. The Bertz CT molecular complexity index is 55.7. The highest BCUT2D eigenvalue weighted by Gasteiger charge is 1.92. The molecule has 0 fully saturated rings. The highest BCUT2D eigenvalue weighted by Crippen LogP contribution is 1.72. The van der Waals surface area contributed by atoms with Crippen molar-refractivity contribution < 1.29 is 9.53 Å². The Hall–Kier alpha value is -0.410. The van der Waals surface area contributed by atoms with Crippen LogP contribution in [0.15, 0.2) is 0 Å². The molecule has 0 aliphatic heterocycles. The van der Waals surface area contributed by atoms with Gasteiger partial charge in [0.25, 0.3) is 0 Å². The van der Waals surface area contributed by atoms with E-state index in [1.165, 1.54) is 0 Å². The molecule has 0 spiro atoms. The smallest absolute Gasteiger partial charge is 0.163 e. The summed E-state index contributed by atoms with van der Waals surface area (Å²) < 4.78 is 4.60. The van der Waals surface area contributed by atoms with Crippen molar-refractivity contribution >= 4 is 6.29 Å². The van der Waals surface area contributed by atoms with E-state index in [-0.39, 0.29) is 0 Å².